The molecule has 1 fully saturated rings. The lowest BCUT2D eigenvalue weighted by Crippen LogP contribution is -2.25. The van der Waals surface area contributed by atoms with Gasteiger partial charge in [0.25, 0.3) is 0 Å². The first-order chi connectivity index (χ1) is 11.0. The van der Waals surface area contributed by atoms with Crippen molar-refractivity contribution in [3.05, 3.63) is 54.0 Å². The third-order valence-electron chi connectivity index (χ3n) is 3.67. The minimum atomic E-state index is -3.49. The van der Waals surface area contributed by atoms with Crippen molar-refractivity contribution in [2.75, 3.05) is 11.9 Å². The maximum atomic E-state index is 13.1. The van der Waals surface area contributed by atoms with Gasteiger partial charge in [0, 0.05) is 19.3 Å². The average molecular weight is 335 g/mol. The molecular weight excluding hydrogens is 317 g/mol. The minimum Gasteiger partial charge on any atom is -0.366 e. The Balaban J connectivity index is 1.60. The molecular formula is C16H18FN3O2S. The zero-order valence-corrected chi connectivity index (χ0v) is 13.3. The molecule has 5 nitrogen and oxygen atoms in total. The van der Waals surface area contributed by atoms with Gasteiger partial charge in [-0.2, -0.15) is 0 Å². The third-order valence-corrected chi connectivity index (χ3v) is 5.08. The first-order valence-corrected chi connectivity index (χ1v) is 8.95. The molecule has 2 aromatic rings. The number of rotatable bonds is 7. The van der Waals surface area contributed by atoms with Crippen molar-refractivity contribution < 1.29 is 12.8 Å². The van der Waals surface area contributed by atoms with Gasteiger partial charge in [-0.15, -0.1) is 0 Å². The third kappa shape index (κ3) is 4.49. The Kier molecular flexibility index (Phi) is 4.58. The summed E-state index contributed by atoms with van der Waals surface area (Å²) in [6.07, 6.45) is 3.50. The summed E-state index contributed by atoms with van der Waals surface area (Å²) in [4.78, 5) is 4.25. The van der Waals surface area contributed by atoms with E-state index in [1.54, 1.807) is 18.2 Å². The number of benzene rings is 1. The van der Waals surface area contributed by atoms with Crippen LogP contribution >= 0.6 is 0 Å². The van der Waals surface area contributed by atoms with Gasteiger partial charge >= 0.3 is 0 Å². The molecule has 0 aliphatic heterocycles. The van der Waals surface area contributed by atoms with Gasteiger partial charge in [0.15, 0.2) is 0 Å². The molecule has 23 heavy (non-hydrogen) atoms. The second kappa shape index (κ2) is 6.64. The van der Waals surface area contributed by atoms with Crippen molar-refractivity contribution in [3.63, 3.8) is 0 Å². The SMILES string of the molecule is O=S(=O)(NCC1CC1)c1ccc(NCc2cccc(F)c2)nc1. The van der Waals surface area contributed by atoms with Crippen LogP contribution in [0.3, 0.4) is 0 Å². The van der Waals surface area contributed by atoms with Crippen molar-refractivity contribution in [1.82, 2.24) is 9.71 Å². The van der Waals surface area contributed by atoms with Gasteiger partial charge in [-0.3, -0.25) is 0 Å². The van der Waals surface area contributed by atoms with E-state index in [9.17, 15) is 12.8 Å². The van der Waals surface area contributed by atoms with Crippen molar-refractivity contribution in [2.45, 2.75) is 24.3 Å². The minimum absolute atomic E-state index is 0.148. The number of hydrogen-bond donors (Lipinski definition) is 2. The Morgan fingerprint density at radius 3 is 2.70 bits per heavy atom. The molecule has 122 valence electrons. The molecule has 0 saturated heterocycles. The van der Waals surface area contributed by atoms with Crippen LogP contribution in [0.2, 0.25) is 0 Å². The number of aromatic nitrogens is 1. The van der Waals surface area contributed by atoms with Crippen LogP contribution in [0.1, 0.15) is 18.4 Å². The molecule has 0 bridgehead atoms. The van der Waals surface area contributed by atoms with E-state index in [0.717, 1.165) is 18.4 Å². The number of hydrogen-bond acceptors (Lipinski definition) is 4. The van der Waals surface area contributed by atoms with E-state index in [4.69, 9.17) is 0 Å². The van der Waals surface area contributed by atoms with Gasteiger partial charge in [0.05, 0.1) is 0 Å². The number of sulfonamides is 1. The summed E-state index contributed by atoms with van der Waals surface area (Å²) in [5, 5.41) is 3.03. The Hall–Kier alpha value is -1.99. The van der Waals surface area contributed by atoms with Crippen molar-refractivity contribution in [1.29, 1.82) is 0 Å². The number of nitrogens with one attached hydrogen (secondary N) is 2. The zero-order chi connectivity index (χ0) is 16.3. The van der Waals surface area contributed by atoms with E-state index in [1.165, 1.54) is 24.4 Å². The summed E-state index contributed by atoms with van der Waals surface area (Å²) >= 11 is 0. The second-order valence-electron chi connectivity index (χ2n) is 5.66. The molecule has 3 rings (SSSR count). The summed E-state index contributed by atoms with van der Waals surface area (Å²) in [5.74, 6) is 0.723. The molecule has 7 heteroatoms. The van der Waals surface area contributed by atoms with Crippen LogP contribution in [0.25, 0.3) is 0 Å². The summed E-state index contributed by atoms with van der Waals surface area (Å²) in [6, 6.07) is 9.38. The van der Waals surface area contributed by atoms with Crippen LogP contribution in [0, 0.1) is 11.7 Å². The van der Waals surface area contributed by atoms with Gasteiger partial charge in [0.2, 0.25) is 10.0 Å². The van der Waals surface area contributed by atoms with Crippen molar-refractivity contribution in [3.8, 4) is 0 Å². The van der Waals surface area contributed by atoms with Crippen LogP contribution in [0.4, 0.5) is 10.2 Å². The molecule has 0 unspecified atom stereocenters. The van der Waals surface area contributed by atoms with Crippen molar-refractivity contribution in [2.24, 2.45) is 5.92 Å². The van der Waals surface area contributed by atoms with Crippen molar-refractivity contribution >= 4 is 15.8 Å². The van der Waals surface area contributed by atoms with E-state index >= 15 is 0 Å². The lowest BCUT2D eigenvalue weighted by atomic mass is 10.2. The highest BCUT2D eigenvalue weighted by atomic mass is 32.2. The number of nitrogens with zero attached hydrogens (tertiary/aromatic N) is 1. The molecule has 0 amide bonds. The Labute approximate surface area is 135 Å². The molecule has 1 heterocycles. The Morgan fingerprint density at radius 2 is 2.04 bits per heavy atom. The topological polar surface area (TPSA) is 71.1 Å². The van der Waals surface area contributed by atoms with E-state index in [-0.39, 0.29) is 10.7 Å². The molecule has 1 saturated carbocycles. The molecule has 2 N–H and O–H groups in total. The van der Waals surface area contributed by atoms with Gasteiger partial charge in [-0.05, 0) is 48.6 Å². The smallest absolute Gasteiger partial charge is 0.242 e. The molecule has 0 spiro atoms. The molecule has 1 aromatic carbocycles. The highest BCUT2D eigenvalue weighted by Gasteiger charge is 2.24. The molecule has 0 radical (unpaired) electrons. The molecule has 1 aliphatic carbocycles. The molecule has 0 atom stereocenters. The first-order valence-electron chi connectivity index (χ1n) is 7.47. The largest absolute Gasteiger partial charge is 0.366 e. The second-order valence-corrected chi connectivity index (χ2v) is 7.42. The van der Waals surface area contributed by atoms with E-state index in [2.05, 4.69) is 15.0 Å². The highest BCUT2D eigenvalue weighted by molar-refractivity contribution is 7.89. The Bertz CT molecular complexity index is 774. The van der Waals surface area contributed by atoms with Gasteiger partial charge in [-0.25, -0.2) is 22.5 Å². The van der Waals surface area contributed by atoms with E-state index in [0.29, 0.717) is 24.8 Å². The maximum absolute atomic E-state index is 13.1. The normalized spacial score (nSPS) is 14.7. The zero-order valence-electron chi connectivity index (χ0n) is 12.5. The lowest BCUT2D eigenvalue weighted by Gasteiger charge is -2.08. The number of halogens is 1. The van der Waals surface area contributed by atoms with Crippen LogP contribution in [-0.2, 0) is 16.6 Å². The summed E-state index contributed by atoms with van der Waals surface area (Å²) in [6.45, 7) is 0.901. The van der Waals surface area contributed by atoms with Gasteiger partial charge < -0.3 is 5.32 Å². The monoisotopic (exact) mass is 335 g/mol. The first kappa shape index (κ1) is 15.9. The fourth-order valence-corrected chi connectivity index (χ4v) is 3.18. The van der Waals surface area contributed by atoms with Crippen LogP contribution in [0.15, 0.2) is 47.5 Å². The van der Waals surface area contributed by atoms with Crippen LogP contribution in [0.5, 0.6) is 0 Å². The fourth-order valence-electron chi connectivity index (χ4n) is 2.12. The quantitative estimate of drug-likeness (QED) is 0.816. The van der Waals surface area contributed by atoms with E-state index < -0.39 is 10.0 Å². The average Bonchev–Trinajstić information content (AvgIpc) is 3.36. The lowest BCUT2D eigenvalue weighted by molar-refractivity contribution is 0.577. The predicted molar refractivity (Wildman–Crippen MR) is 85.9 cm³/mol. The van der Waals surface area contributed by atoms with Gasteiger partial charge in [-0.1, -0.05) is 12.1 Å². The number of anilines is 1. The summed E-state index contributed by atoms with van der Waals surface area (Å²) < 4.78 is 39.8. The highest BCUT2D eigenvalue weighted by Crippen LogP contribution is 2.28. The fraction of sp³-hybridized carbons (Fsp3) is 0.312. The van der Waals surface area contributed by atoms with E-state index in [1.807, 2.05) is 0 Å². The summed E-state index contributed by atoms with van der Waals surface area (Å²) in [7, 11) is -3.49. The van der Waals surface area contributed by atoms with Crippen LogP contribution < -0.4 is 10.0 Å². The van der Waals surface area contributed by atoms with Gasteiger partial charge in [0.1, 0.15) is 16.5 Å². The standard InChI is InChI=1S/C16H18FN3O2S/c17-14-3-1-2-13(8-14)9-18-16-7-6-15(11-19-16)23(21,22)20-10-12-4-5-12/h1-3,6-8,11-12,20H,4-5,9-10H2,(H,18,19). The maximum Gasteiger partial charge on any atom is 0.242 e. The molecule has 1 aromatic heterocycles. The van der Waals surface area contributed by atoms with Crippen LogP contribution in [-0.4, -0.2) is 19.9 Å². The summed E-state index contributed by atoms with van der Waals surface area (Å²) in [5.41, 5.74) is 0.787. The number of pyridine rings is 1. The predicted octanol–water partition coefficient (Wildman–Crippen LogP) is 2.52. The Morgan fingerprint density at radius 1 is 1.22 bits per heavy atom. The molecule has 1 aliphatic rings.